The molecule has 1 aliphatic heterocycles. The van der Waals surface area contributed by atoms with Crippen molar-refractivity contribution in [3.8, 4) is 11.5 Å². The lowest BCUT2D eigenvalue weighted by molar-refractivity contribution is -0.129. The van der Waals surface area contributed by atoms with E-state index in [1.807, 2.05) is 36.4 Å². The van der Waals surface area contributed by atoms with Crippen molar-refractivity contribution in [2.75, 3.05) is 6.79 Å². The summed E-state index contributed by atoms with van der Waals surface area (Å²) in [6, 6.07) is 17.2. The molecule has 164 valence electrons. The summed E-state index contributed by atoms with van der Waals surface area (Å²) in [5.74, 6) is 0.0163. The van der Waals surface area contributed by atoms with E-state index in [1.54, 1.807) is 12.1 Å². The van der Waals surface area contributed by atoms with Crippen LogP contribution in [0.5, 0.6) is 11.5 Å². The van der Waals surface area contributed by atoms with Gasteiger partial charge >= 0.3 is 5.97 Å². The van der Waals surface area contributed by atoms with Gasteiger partial charge in [0.05, 0.1) is 6.54 Å². The van der Waals surface area contributed by atoms with Gasteiger partial charge in [-0.3, -0.25) is 9.59 Å². The second-order valence-electron chi connectivity index (χ2n) is 7.15. The Morgan fingerprint density at radius 2 is 1.84 bits per heavy atom. The molecule has 0 saturated carbocycles. The zero-order chi connectivity index (χ0) is 22.5. The molecule has 0 radical (unpaired) electrons. The van der Waals surface area contributed by atoms with Gasteiger partial charge in [-0.25, -0.2) is 9.48 Å². The van der Waals surface area contributed by atoms with Gasteiger partial charge in [-0.15, -0.1) is 0 Å². The third-order valence-electron chi connectivity index (χ3n) is 4.81. The average Bonchev–Trinajstić information content (AvgIpc) is 3.27. The number of hydrogen-bond acceptors (Lipinski definition) is 7. The number of aromatic nitrogens is 2. The molecule has 9 nitrogen and oxygen atoms in total. The number of rotatable bonds is 7. The predicted molar refractivity (Wildman–Crippen MR) is 113 cm³/mol. The molecule has 0 spiro atoms. The van der Waals surface area contributed by atoms with Crippen molar-refractivity contribution in [1.29, 1.82) is 0 Å². The van der Waals surface area contributed by atoms with Gasteiger partial charge in [0.1, 0.15) is 0 Å². The molecular weight excluding hydrogens is 414 g/mol. The van der Waals surface area contributed by atoms with Crippen LogP contribution < -0.4 is 20.3 Å². The summed E-state index contributed by atoms with van der Waals surface area (Å²) in [7, 11) is 0. The highest BCUT2D eigenvalue weighted by molar-refractivity contribution is 5.90. The summed E-state index contributed by atoms with van der Waals surface area (Å²) in [6.07, 6.45) is -1.05. The Kier molecular flexibility index (Phi) is 6.16. The molecule has 1 N–H and O–H groups in total. The van der Waals surface area contributed by atoms with Crippen molar-refractivity contribution < 1.29 is 23.8 Å². The van der Waals surface area contributed by atoms with Gasteiger partial charge in [0.2, 0.25) is 6.79 Å². The largest absolute Gasteiger partial charge is 0.454 e. The molecule has 1 unspecified atom stereocenters. The first-order chi connectivity index (χ1) is 15.5. The number of carbonyl (C=O) groups is 2. The van der Waals surface area contributed by atoms with Crippen LogP contribution in [-0.4, -0.2) is 34.6 Å². The van der Waals surface area contributed by atoms with E-state index >= 15 is 0 Å². The van der Waals surface area contributed by atoms with Gasteiger partial charge in [-0.2, -0.15) is 5.10 Å². The minimum Gasteiger partial charge on any atom is -0.454 e. The van der Waals surface area contributed by atoms with E-state index in [1.165, 1.54) is 23.7 Å². The van der Waals surface area contributed by atoms with Gasteiger partial charge in [-0.1, -0.05) is 36.4 Å². The molecule has 2 aromatic carbocycles. The molecule has 3 aromatic rings. The molecule has 32 heavy (non-hydrogen) atoms. The van der Waals surface area contributed by atoms with E-state index in [4.69, 9.17) is 14.2 Å². The summed E-state index contributed by atoms with van der Waals surface area (Å²) < 4.78 is 17.0. The first-order valence-corrected chi connectivity index (χ1v) is 9.99. The van der Waals surface area contributed by atoms with Crippen LogP contribution in [0, 0.1) is 0 Å². The van der Waals surface area contributed by atoms with Crippen molar-refractivity contribution >= 4 is 11.9 Å². The van der Waals surface area contributed by atoms with Crippen LogP contribution >= 0.6 is 0 Å². The van der Waals surface area contributed by atoms with Gasteiger partial charge in [-0.05, 0) is 36.2 Å². The van der Waals surface area contributed by atoms with Crippen molar-refractivity contribution in [1.82, 2.24) is 15.1 Å². The highest BCUT2D eigenvalue weighted by atomic mass is 16.7. The number of carbonyl (C=O) groups excluding carboxylic acids is 2. The number of fused-ring (bicyclic) bond motifs is 1. The molecule has 0 saturated heterocycles. The molecule has 9 heteroatoms. The first kappa shape index (κ1) is 21.1. The second-order valence-corrected chi connectivity index (χ2v) is 7.15. The number of nitrogens with zero attached hydrogens (tertiary/aromatic N) is 2. The molecule has 1 amide bonds. The van der Waals surface area contributed by atoms with Crippen LogP contribution in [0.15, 0.2) is 65.5 Å². The predicted octanol–water partition coefficient (Wildman–Crippen LogP) is 1.88. The Balaban J connectivity index is 1.35. The minimum atomic E-state index is -1.05. The fraction of sp³-hybridized carbons (Fsp3) is 0.217. The molecule has 4 rings (SSSR count). The maximum atomic E-state index is 12.5. The number of nitrogens with one attached hydrogen (secondary N) is 1. The smallest absolute Gasteiger partial charge is 0.359 e. The standard InChI is InChI=1S/C23H21N3O6/c1-15(22(28)24-12-17-7-9-19-20(11-17)31-14-30-19)32-23(29)18-8-10-21(27)26(25-18)13-16-5-3-2-4-6-16/h2-11,15H,12-14H2,1H3,(H,24,28). The van der Waals surface area contributed by atoms with E-state index in [9.17, 15) is 14.4 Å². The first-order valence-electron chi connectivity index (χ1n) is 9.99. The normalized spacial score (nSPS) is 12.8. The van der Waals surface area contributed by atoms with Crippen LogP contribution in [0.3, 0.4) is 0 Å². The zero-order valence-electron chi connectivity index (χ0n) is 17.3. The summed E-state index contributed by atoms with van der Waals surface area (Å²) in [6.45, 7) is 2.08. The number of ether oxygens (including phenoxy) is 3. The van der Waals surface area contributed by atoms with Crippen LogP contribution in [-0.2, 0) is 22.6 Å². The SMILES string of the molecule is CC(OC(=O)c1ccc(=O)n(Cc2ccccc2)n1)C(=O)NCc1ccc2c(c1)OCO2. The summed E-state index contributed by atoms with van der Waals surface area (Å²) >= 11 is 0. The Morgan fingerprint density at radius 3 is 2.66 bits per heavy atom. The van der Waals surface area contributed by atoms with E-state index < -0.39 is 18.0 Å². The summed E-state index contributed by atoms with van der Waals surface area (Å²) in [4.78, 5) is 36.9. The van der Waals surface area contributed by atoms with Crippen LogP contribution in [0.4, 0.5) is 0 Å². The van der Waals surface area contributed by atoms with Crippen molar-refractivity contribution in [2.24, 2.45) is 0 Å². The van der Waals surface area contributed by atoms with Crippen LogP contribution in [0.25, 0.3) is 0 Å². The zero-order valence-corrected chi connectivity index (χ0v) is 17.3. The third kappa shape index (κ3) is 4.94. The van der Waals surface area contributed by atoms with Crippen LogP contribution in [0.2, 0.25) is 0 Å². The number of amides is 1. The molecule has 1 aliphatic rings. The van der Waals surface area contributed by atoms with E-state index in [2.05, 4.69) is 10.4 Å². The third-order valence-corrected chi connectivity index (χ3v) is 4.81. The Labute approximate surface area is 183 Å². The lowest BCUT2D eigenvalue weighted by Crippen LogP contribution is -2.36. The van der Waals surface area contributed by atoms with Gasteiger partial charge in [0.15, 0.2) is 23.3 Å². The molecule has 1 atom stereocenters. The molecular formula is C23H21N3O6. The maximum absolute atomic E-state index is 12.5. The lowest BCUT2D eigenvalue weighted by Gasteiger charge is -2.14. The van der Waals surface area contributed by atoms with Gasteiger partial charge in [0, 0.05) is 12.6 Å². The number of hydrogen-bond donors (Lipinski definition) is 1. The van der Waals surface area contributed by atoms with E-state index in [0.29, 0.717) is 11.5 Å². The Bertz CT molecular complexity index is 1190. The van der Waals surface area contributed by atoms with Crippen LogP contribution in [0.1, 0.15) is 28.5 Å². The average molecular weight is 435 g/mol. The maximum Gasteiger partial charge on any atom is 0.359 e. The van der Waals surface area contributed by atoms with Crippen molar-refractivity contribution in [3.05, 3.63) is 87.8 Å². The van der Waals surface area contributed by atoms with Crippen molar-refractivity contribution in [3.63, 3.8) is 0 Å². The molecule has 0 fully saturated rings. The quantitative estimate of drug-likeness (QED) is 0.565. The fourth-order valence-corrected chi connectivity index (χ4v) is 3.09. The van der Waals surface area contributed by atoms with E-state index in [0.717, 1.165) is 11.1 Å². The Hall–Kier alpha value is -4.14. The summed E-state index contributed by atoms with van der Waals surface area (Å²) in [5.41, 5.74) is 1.27. The molecule has 0 aliphatic carbocycles. The highest BCUT2D eigenvalue weighted by Crippen LogP contribution is 2.32. The van der Waals surface area contributed by atoms with Gasteiger partial charge in [0.25, 0.3) is 11.5 Å². The second kappa shape index (κ2) is 9.34. The molecule has 2 heterocycles. The topological polar surface area (TPSA) is 109 Å². The van der Waals surface area contributed by atoms with Gasteiger partial charge < -0.3 is 19.5 Å². The van der Waals surface area contributed by atoms with Crippen molar-refractivity contribution in [2.45, 2.75) is 26.1 Å². The van der Waals surface area contributed by atoms with E-state index in [-0.39, 0.29) is 31.1 Å². The number of benzene rings is 2. The highest BCUT2D eigenvalue weighted by Gasteiger charge is 2.21. The summed E-state index contributed by atoms with van der Waals surface area (Å²) in [5, 5.41) is 6.79. The lowest BCUT2D eigenvalue weighted by atomic mass is 10.2. The number of esters is 1. The minimum absolute atomic E-state index is 0.0593. The molecule has 1 aromatic heterocycles. The molecule has 0 bridgehead atoms. The fourth-order valence-electron chi connectivity index (χ4n) is 3.09. The Morgan fingerprint density at radius 1 is 1.06 bits per heavy atom. The monoisotopic (exact) mass is 435 g/mol.